The monoisotopic (exact) mass is 329 g/mol. The molecule has 0 radical (unpaired) electrons. The van der Waals surface area contributed by atoms with Crippen LogP contribution in [0.1, 0.15) is 27.6 Å². The summed E-state index contributed by atoms with van der Waals surface area (Å²) in [5.74, 6) is -0.464. The molecule has 0 aliphatic carbocycles. The average Bonchev–Trinajstić information content (AvgIpc) is 2.61. The molecule has 0 saturated carbocycles. The Morgan fingerprint density at radius 2 is 1.54 bits per heavy atom. The van der Waals surface area contributed by atoms with E-state index in [0.717, 1.165) is 0 Å². The smallest absolute Gasteiger partial charge is 0.338 e. The molecule has 7 heteroatoms. The molecule has 0 aromatic heterocycles. The summed E-state index contributed by atoms with van der Waals surface area (Å²) in [5, 5.41) is 10.6. The number of Topliss-reactive ketones (excluding diaryl/α,β-unsaturated/α-hetero) is 1. The van der Waals surface area contributed by atoms with Crippen LogP contribution in [0, 0.1) is 10.1 Å². The van der Waals surface area contributed by atoms with Gasteiger partial charge in [0.1, 0.15) is 5.75 Å². The molecule has 2 rings (SSSR count). The Kier molecular flexibility index (Phi) is 5.26. The highest BCUT2D eigenvalue weighted by molar-refractivity contribution is 6.01. The van der Waals surface area contributed by atoms with Gasteiger partial charge in [-0.15, -0.1) is 0 Å². The third-order valence-corrected chi connectivity index (χ3v) is 3.34. The minimum Gasteiger partial charge on any atom is -0.497 e. The van der Waals surface area contributed by atoms with Gasteiger partial charge in [-0.3, -0.25) is 14.9 Å². The number of ether oxygens (including phenoxy) is 2. The number of carbonyl (C=O) groups excluding carboxylic acids is 2. The Morgan fingerprint density at radius 3 is 2.04 bits per heavy atom. The van der Waals surface area contributed by atoms with Crippen LogP contribution in [-0.4, -0.2) is 29.9 Å². The van der Waals surface area contributed by atoms with Crippen molar-refractivity contribution in [2.24, 2.45) is 0 Å². The number of esters is 1. The molecule has 2 aromatic carbocycles. The summed E-state index contributed by atoms with van der Waals surface area (Å²) in [6.45, 7) is 1.47. The maximum Gasteiger partial charge on any atom is 0.338 e. The number of rotatable bonds is 6. The number of benzene rings is 2. The van der Waals surface area contributed by atoms with Crippen molar-refractivity contribution in [1.82, 2.24) is 0 Å². The van der Waals surface area contributed by atoms with Crippen LogP contribution in [0.5, 0.6) is 5.75 Å². The van der Waals surface area contributed by atoms with Crippen LogP contribution in [0.2, 0.25) is 0 Å². The largest absolute Gasteiger partial charge is 0.497 e. The number of ketones is 1. The lowest BCUT2D eigenvalue weighted by molar-refractivity contribution is -0.384. The minimum absolute atomic E-state index is 0.131. The summed E-state index contributed by atoms with van der Waals surface area (Å²) in [5.41, 5.74) is 0.392. The van der Waals surface area contributed by atoms with E-state index in [1.165, 1.54) is 38.3 Å². The van der Waals surface area contributed by atoms with Crippen molar-refractivity contribution in [2.75, 3.05) is 7.11 Å². The predicted molar refractivity (Wildman–Crippen MR) is 85.3 cm³/mol. The quantitative estimate of drug-likeness (QED) is 0.350. The molecule has 0 N–H and O–H groups in total. The van der Waals surface area contributed by atoms with Gasteiger partial charge in [0, 0.05) is 17.7 Å². The van der Waals surface area contributed by atoms with Crippen molar-refractivity contribution in [3.63, 3.8) is 0 Å². The van der Waals surface area contributed by atoms with Crippen molar-refractivity contribution in [2.45, 2.75) is 13.0 Å². The first-order chi connectivity index (χ1) is 11.4. The second-order valence-corrected chi connectivity index (χ2v) is 4.94. The molecule has 2 aromatic rings. The van der Waals surface area contributed by atoms with Crippen LogP contribution in [0.4, 0.5) is 5.69 Å². The molecule has 0 saturated heterocycles. The van der Waals surface area contributed by atoms with Crippen LogP contribution in [0.25, 0.3) is 0 Å². The lowest BCUT2D eigenvalue weighted by atomic mass is 10.1. The molecule has 1 atom stereocenters. The summed E-state index contributed by atoms with van der Waals surface area (Å²) < 4.78 is 10.1. The number of nitro groups is 1. The zero-order valence-electron chi connectivity index (χ0n) is 13.1. The lowest BCUT2D eigenvalue weighted by Gasteiger charge is -2.12. The second kappa shape index (κ2) is 7.36. The predicted octanol–water partition coefficient (Wildman–Crippen LogP) is 3.03. The fraction of sp³-hybridized carbons (Fsp3) is 0.176. The Labute approximate surface area is 138 Å². The van der Waals surface area contributed by atoms with Crippen LogP contribution in [-0.2, 0) is 4.74 Å². The molecule has 0 spiro atoms. The van der Waals surface area contributed by atoms with Crippen molar-refractivity contribution in [3.05, 3.63) is 69.8 Å². The first kappa shape index (κ1) is 17.1. The van der Waals surface area contributed by atoms with Crippen molar-refractivity contribution in [3.8, 4) is 5.75 Å². The number of hydrogen-bond acceptors (Lipinski definition) is 6. The average molecular weight is 329 g/mol. The SMILES string of the molecule is COc1ccc(C(=O)[C@@H](C)OC(=O)c2ccc([N+](=O)[O-])cc2)cc1. The fourth-order valence-electron chi connectivity index (χ4n) is 1.99. The molecule has 0 amide bonds. The standard InChI is InChI=1S/C17H15NO6/c1-11(16(19)12-5-9-15(23-2)10-6-12)24-17(20)13-3-7-14(8-4-13)18(21)22/h3-11H,1-2H3/t11-/m1/s1. The molecule has 24 heavy (non-hydrogen) atoms. The first-order valence-corrected chi connectivity index (χ1v) is 7.06. The summed E-state index contributed by atoms with van der Waals surface area (Å²) in [6, 6.07) is 11.4. The lowest BCUT2D eigenvalue weighted by Crippen LogP contribution is -2.24. The van der Waals surface area contributed by atoms with E-state index in [9.17, 15) is 19.7 Å². The minimum atomic E-state index is -0.985. The van der Waals surface area contributed by atoms with Gasteiger partial charge in [0.25, 0.3) is 5.69 Å². The topological polar surface area (TPSA) is 95.7 Å². The van der Waals surface area contributed by atoms with Gasteiger partial charge in [0.2, 0.25) is 5.78 Å². The molecule has 0 unspecified atom stereocenters. The summed E-state index contributed by atoms with van der Waals surface area (Å²) in [7, 11) is 1.52. The number of carbonyl (C=O) groups is 2. The van der Waals surface area contributed by atoms with E-state index in [-0.39, 0.29) is 17.0 Å². The molecule has 0 heterocycles. The molecule has 124 valence electrons. The highest BCUT2D eigenvalue weighted by atomic mass is 16.6. The van der Waals surface area contributed by atoms with E-state index in [0.29, 0.717) is 11.3 Å². The third kappa shape index (κ3) is 3.95. The highest BCUT2D eigenvalue weighted by Gasteiger charge is 2.21. The van der Waals surface area contributed by atoms with E-state index in [1.807, 2.05) is 0 Å². The Bertz CT molecular complexity index is 752. The summed E-state index contributed by atoms with van der Waals surface area (Å²) in [4.78, 5) is 34.3. The summed E-state index contributed by atoms with van der Waals surface area (Å²) in [6.07, 6.45) is -0.985. The van der Waals surface area contributed by atoms with Gasteiger partial charge in [-0.25, -0.2) is 4.79 Å². The zero-order valence-corrected chi connectivity index (χ0v) is 13.1. The van der Waals surface area contributed by atoms with E-state index >= 15 is 0 Å². The third-order valence-electron chi connectivity index (χ3n) is 3.34. The number of hydrogen-bond donors (Lipinski definition) is 0. The van der Waals surface area contributed by atoms with Crippen LogP contribution in [0.3, 0.4) is 0 Å². The molecule has 0 aliphatic heterocycles. The van der Waals surface area contributed by atoms with E-state index in [1.54, 1.807) is 24.3 Å². The summed E-state index contributed by atoms with van der Waals surface area (Å²) >= 11 is 0. The van der Waals surface area contributed by atoms with Crippen LogP contribution >= 0.6 is 0 Å². The maximum absolute atomic E-state index is 12.2. The van der Waals surface area contributed by atoms with E-state index in [2.05, 4.69) is 0 Å². The fourth-order valence-corrected chi connectivity index (χ4v) is 1.99. The Balaban J connectivity index is 2.04. The molecule has 7 nitrogen and oxygen atoms in total. The normalized spacial score (nSPS) is 11.4. The van der Waals surface area contributed by atoms with Gasteiger partial charge >= 0.3 is 5.97 Å². The zero-order chi connectivity index (χ0) is 17.7. The van der Waals surface area contributed by atoms with Crippen molar-refractivity contribution >= 4 is 17.4 Å². The maximum atomic E-state index is 12.2. The van der Waals surface area contributed by atoms with E-state index in [4.69, 9.17) is 9.47 Å². The number of non-ortho nitro benzene ring substituents is 1. The van der Waals surface area contributed by atoms with Crippen molar-refractivity contribution in [1.29, 1.82) is 0 Å². The van der Waals surface area contributed by atoms with Gasteiger partial charge in [-0.2, -0.15) is 0 Å². The molecular formula is C17H15NO6. The van der Waals surface area contributed by atoms with Crippen LogP contribution in [0.15, 0.2) is 48.5 Å². The van der Waals surface area contributed by atoms with Gasteiger partial charge in [0.05, 0.1) is 17.6 Å². The van der Waals surface area contributed by atoms with Gasteiger partial charge in [-0.05, 0) is 43.3 Å². The molecule has 0 aliphatic rings. The second-order valence-electron chi connectivity index (χ2n) is 4.94. The number of nitro benzene ring substituents is 1. The molecule has 0 fully saturated rings. The molecular weight excluding hydrogens is 314 g/mol. The number of nitrogens with zero attached hydrogens (tertiary/aromatic N) is 1. The Morgan fingerprint density at radius 1 is 1.00 bits per heavy atom. The van der Waals surface area contributed by atoms with Crippen molar-refractivity contribution < 1.29 is 24.0 Å². The highest BCUT2D eigenvalue weighted by Crippen LogP contribution is 2.16. The van der Waals surface area contributed by atoms with Gasteiger partial charge in [-0.1, -0.05) is 0 Å². The first-order valence-electron chi connectivity index (χ1n) is 7.06. The van der Waals surface area contributed by atoms with Gasteiger partial charge in [0.15, 0.2) is 6.10 Å². The Hall–Kier alpha value is -3.22. The number of methoxy groups -OCH3 is 1. The van der Waals surface area contributed by atoms with Gasteiger partial charge < -0.3 is 9.47 Å². The molecule has 0 bridgehead atoms. The van der Waals surface area contributed by atoms with E-state index < -0.39 is 17.0 Å². The van der Waals surface area contributed by atoms with Crippen LogP contribution < -0.4 is 4.74 Å².